The fraction of sp³-hybridized carbons (Fsp3) is 0.591. The van der Waals surface area contributed by atoms with E-state index in [1.54, 1.807) is 0 Å². The van der Waals surface area contributed by atoms with Gasteiger partial charge in [0.05, 0.1) is 11.6 Å². The second kappa shape index (κ2) is 9.53. The number of halogens is 2. The van der Waals surface area contributed by atoms with Crippen molar-refractivity contribution in [3.8, 4) is 0 Å². The van der Waals surface area contributed by atoms with E-state index in [2.05, 4.69) is 5.32 Å². The number of likely N-dealkylation sites (tertiary alicyclic amines) is 1. The molecule has 1 unspecified atom stereocenters. The van der Waals surface area contributed by atoms with Gasteiger partial charge in [-0.05, 0) is 37.8 Å². The molecule has 1 N–H and O–H groups in total. The molecule has 1 aromatic rings. The van der Waals surface area contributed by atoms with Crippen molar-refractivity contribution in [2.24, 2.45) is 11.8 Å². The molecule has 6 nitrogen and oxygen atoms in total. The Morgan fingerprint density at radius 3 is 2.43 bits per heavy atom. The van der Waals surface area contributed by atoms with Gasteiger partial charge >= 0.3 is 0 Å². The van der Waals surface area contributed by atoms with Crippen LogP contribution in [0, 0.1) is 23.5 Å². The normalized spacial score (nSPS) is 20.2. The first-order valence-electron chi connectivity index (χ1n) is 10.7. The highest BCUT2D eigenvalue weighted by atomic mass is 19.1. The molecule has 0 bridgehead atoms. The zero-order valence-electron chi connectivity index (χ0n) is 17.5. The molecule has 1 aromatic carbocycles. The van der Waals surface area contributed by atoms with Crippen LogP contribution in [0.25, 0.3) is 0 Å². The van der Waals surface area contributed by atoms with Crippen LogP contribution < -0.4 is 10.2 Å². The summed E-state index contributed by atoms with van der Waals surface area (Å²) in [4.78, 5) is 40.5. The third kappa shape index (κ3) is 4.79. The topological polar surface area (TPSA) is 69.7 Å². The molecule has 2 aliphatic rings. The van der Waals surface area contributed by atoms with Crippen molar-refractivity contribution in [2.75, 3.05) is 24.5 Å². The van der Waals surface area contributed by atoms with E-state index in [-0.39, 0.29) is 48.3 Å². The lowest BCUT2D eigenvalue weighted by atomic mass is 9.98. The molecular formula is C22H29F2N3O3. The smallest absolute Gasteiger partial charge is 0.227 e. The van der Waals surface area contributed by atoms with Crippen molar-refractivity contribution >= 4 is 23.4 Å². The van der Waals surface area contributed by atoms with Gasteiger partial charge in [0.25, 0.3) is 0 Å². The minimum atomic E-state index is -0.820. The summed E-state index contributed by atoms with van der Waals surface area (Å²) in [5.41, 5.74) is -0.00933. The van der Waals surface area contributed by atoms with Crippen LogP contribution in [0.1, 0.15) is 46.0 Å². The summed E-state index contributed by atoms with van der Waals surface area (Å²) >= 11 is 0. The minimum Gasteiger partial charge on any atom is -0.353 e. The van der Waals surface area contributed by atoms with Gasteiger partial charge in [0.2, 0.25) is 17.7 Å². The first-order valence-corrected chi connectivity index (χ1v) is 10.7. The number of nitrogens with zero attached hydrogens (tertiary/aromatic N) is 2. The Morgan fingerprint density at radius 2 is 1.83 bits per heavy atom. The molecule has 30 heavy (non-hydrogen) atoms. The van der Waals surface area contributed by atoms with E-state index in [4.69, 9.17) is 0 Å². The van der Waals surface area contributed by atoms with Gasteiger partial charge in [0.1, 0.15) is 11.6 Å². The number of hydrogen-bond acceptors (Lipinski definition) is 3. The highest BCUT2D eigenvalue weighted by Gasteiger charge is 2.37. The number of anilines is 1. The van der Waals surface area contributed by atoms with Crippen LogP contribution in [0.5, 0.6) is 0 Å². The average molecular weight is 421 g/mol. The largest absolute Gasteiger partial charge is 0.353 e. The number of nitrogens with one attached hydrogen (secondary N) is 1. The SMILES string of the molecule is CCC(CC)C(=O)N1CCC(NC(=O)C2CC(=O)N(c3ccc(F)cc3F)C2)CC1. The summed E-state index contributed by atoms with van der Waals surface area (Å²) in [6, 6.07) is 2.99. The minimum absolute atomic E-state index is 0.00530. The van der Waals surface area contributed by atoms with Gasteiger partial charge < -0.3 is 15.1 Å². The first-order chi connectivity index (χ1) is 14.3. The van der Waals surface area contributed by atoms with Crippen molar-refractivity contribution < 1.29 is 23.2 Å². The lowest BCUT2D eigenvalue weighted by Crippen LogP contribution is -2.49. The van der Waals surface area contributed by atoms with Gasteiger partial charge in [-0.3, -0.25) is 14.4 Å². The number of piperidine rings is 1. The molecule has 2 saturated heterocycles. The Kier molecular flexibility index (Phi) is 7.05. The maximum Gasteiger partial charge on any atom is 0.227 e. The Balaban J connectivity index is 1.52. The molecule has 2 aliphatic heterocycles. The Morgan fingerprint density at radius 1 is 1.17 bits per heavy atom. The molecule has 3 amide bonds. The summed E-state index contributed by atoms with van der Waals surface area (Å²) in [5.74, 6) is -2.47. The molecule has 0 saturated carbocycles. The number of rotatable bonds is 6. The summed E-state index contributed by atoms with van der Waals surface area (Å²) in [7, 11) is 0. The molecule has 0 aliphatic carbocycles. The lowest BCUT2D eigenvalue weighted by Gasteiger charge is -2.34. The predicted molar refractivity (Wildman–Crippen MR) is 109 cm³/mol. The fourth-order valence-electron chi connectivity index (χ4n) is 4.28. The lowest BCUT2D eigenvalue weighted by molar-refractivity contribution is -0.137. The molecular weight excluding hydrogens is 392 g/mol. The van der Waals surface area contributed by atoms with E-state index in [0.29, 0.717) is 25.9 Å². The fourth-order valence-corrected chi connectivity index (χ4v) is 4.28. The van der Waals surface area contributed by atoms with Crippen LogP contribution in [0.3, 0.4) is 0 Å². The van der Waals surface area contributed by atoms with Gasteiger partial charge in [-0.25, -0.2) is 8.78 Å². The number of carbonyl (C=O) groups is 3. The quantitative estimate of drug-likeness (QED) is 0.768. The maximum absolute atomic E-state index is 14.0. The Hall–Kier alpha value is -2.51. The number of carbonyl (C=O) groups excluding carboxylic acids is 3. The molecule has 0 aromatic heterocycles. The van der Waals surface area contributed by atoms with Crippen LogP contribution in [-0.4, -0.2) is 48.3 Å². The van der Waals surface area contributed by atoms with E-state index < -0.39 is 17.6 Å². The van der Waals surface area contributed by atoms with Gasteiger partial charge in [-0.1, -0.05) is 13.8 Å². The van der Waals surface area contributed by atoms with E-state index >= 15 is 0 Å². The van der Waals surface area contributed by atoms with Crippen LogP contribution in [0.4, 0.5) is 14.5 Å². The zero-order chi connectivity index (χ0) is 21.8. The van der Waals surface area contributed by atoms with Gasteiger partial charge in [-0.15, -0.1) is 0 Å². The van der Waals surface area contributed by atoms with E-state index in [0.717, 1.165) is 25.0 Å². The Labute approximate surface area is 175 Å². The summed E-state index contributed by atoms with van der Waals surface area (Å²) in [6.07, 6.45) is 3.00. The van der Waals surface area contributed by atoms with Crippen molar-refractivity contribution in [3.05, 3.63) is 29.8 Å². The van der Waals surface area contributed by atoms with Gasteiger partial charge in [0, 0.05) is 44.1 Å². The molecule has 8 heteroatoms. The molecule has 1 atom stereocenters. The van der Waals surface area contributed by atoms with Crippen LogP contribution in [-0.2, 0) is 14.4 Å². The standard InChI is InChI=1S/C22H29F2N3O3/c1-3-14(4-2)22(30)26-9-7-17(8-10-26)25-21(29)15-11-20(28)27(13-15)19-6-5-16(23)12-18(19)24/h5-6,12,14-15,17H,3-4,7-11,13H2,1-2H3,(H,25,29). The predicted octanol–water partition coefficient (Wildman–Crippen LogP) is 2.86. The zero-order valence-corrected chi connectivity index (χ0v) is 17.5. The van der Waals surface area contributed by atoms with Crippen LogP contribution in [0.15, 0.2) is 18.2 Å². The van der Waals surface area contributed by atoms with Crippen molar-refractivity contribution in [1.82, 2.24) is 10.2 Å². The van der Waals surface area contributed by atoms with Crippen molar-refractivity contribution in [2.45, 2.75) is 52.0 Å². The van der Waals surface area contributed by atoms with Crippen molar-refractivity contribution in [1.29, 1.82) is 0 Å². The Bertz CT molecular complexity index is 805. The molecule has 0 spiro atoms. The third-order valence-corrected chi connectivity index (χ3v) is 6.18. The highest BCUT2D eigenvalue weighted by Crippen LogP contribution is 2.28. The molecule has 3 rings (SSSR count). The summed E-state index contributed by atoms with van der Waals surface area (Å²) < 4.78 is 27.1. The third-order valence-electron chi connectivity index (χ3n) is 6.18. The van der Waals surface area contributed by atoms with Crippen LogP contribution in [0.2, 0.25) is 0 Å². The number of benzene rings is 1. The molecule has 0 radical (unpaired) electrons. The van der Waals surface area contributed by atoms with Gasteiger partial charge in [-0.2, -0.15) is 0 Å². The first kappa shape index (κ1) is 22.2. The van der Waals surface area contributed by atoms with Crippen LogP contribution >= 0.6 is 0 Å². The second-order valence-corrected chi connectivity index (χ2v) is 8.12. The highest BCUT2D eigenvalue weighted by molar-refractivity contribution is 6.00. The summed E-state index contributed by atoms with van der Waals surface area (Å²) in [5, 5.41) is 2.98. The van der Waals surface area contributed by atoms with E-state index in [1.807, 2.05) is 18.7 Å². The monoisotopic (exact) mass is 421 g/mol. The molecule has 2 fully saturated rings. The summed E-state index contributed by atoms with van der Waals surface area (Å²) in [6.45, 7) is 5.32. The molecule has 2 heterocycles. The number of amides is 3. The van der Waals surface area contributed by atoms with Crippen molar-refractivity contribution in [3.63, 3.8) is 0 Å². The number of hydrogen-bond donors (Lipinski definition) is 1. The molecule has 164 valence electrons. The maximum atomic E-state index is 14.0. The van der Waals surface area contributed by atoms with E-state index in [9.17, 15) is 23.2 Å². The average Bonchev–Trinajstić information content (AvgIpc) is 3.11. The van der Waals surface area contributed by atoms with Gasteiger partial charge in [0.15, 0.2) is 0 Å². The van der Waals surface area contributed by atoms with E-state index in [1.165, 1.54) is 11.0 Å². The second-order valence-electron chi connectivity index (χ2n) is 8.12.